The zero-order valence-electron chi connectivity index (χ0n) is 11.3. The molecule has 0 unspecified atom stereocenters. The fourth-order valence-electron chi connectivity index (χ4n) is 2.21. The third-order valence-corrected chi connectivity index (χ3v) is 3.30. The highest BCUT2D eigenvalue weighted by molar-refractivity contribution is 5.43. The summed E-state index contributed by atoms with van der Waals surface area (Å²) >= 11 is 0. The highest BCUT2D eigenvalue weighted by Gasteiger charge is 2.04. The van der Waals surface area contributed by atoms with Crippen molar-refractivity contribution < 1.29 is 9.84 Å². The van der Waals surface area contributed by atoms with E-state index in [0.29, 0.717) is 0 Å². The van der Waals surface area contributed by atoms with Crippen molar-refractivity contribution in [2.45, 2.75) is 13.0 Å². The topological polar surface area (TPSA) is 46.8 Å². The molecule has 0 aliphatic heterocycles. The third-order valence-electron chi connectivity index (χ3n) is 3.30. The highest BCUT2D eigenvalue weighted by Crippen LogP contribution is 2.15. The largest absolute Gasteiger partial charge is 0.497 e. The summed E-state index contributed by atoms with van der Waals surface area (Å²) < 4.78 is 7.12. The average Bonchev–Trinajstić information content (AvgIpc) is 2.89. The van der Waals surface area contributed by atoms with Gasteiger partial charge >= 0.3 is 0 Å². The summed E-state index contributed by atoms with van der Waals surface area (Å²) in [5, 5.41) is 9.14. The second-order valence-corrected chi connectivity index (χ2v) is 4.72. The van der Waals surface area contributed by atoms with Crippen molar-refractivity contribution in [3.63, 3.8) is 0 Å². The molecule has 4 nitrogen and oxygen atoms in total. The number of nitrogens with zero attached hydrogens (tertiary/aromatic N) is 2. The van der Waals surface area contributed by atoms with Crippen molar-refractivity contribution in [2.75, 3.05) is 7.11 Å². The van der Waals surface area contributed by atoms with E-state index in [4.69, 9.17) is 9.84 Å². The Bertz CT molecular complexity index is 717. The standard InChI is InChI=1S/C16H16N2O2/c1-20-15-4-2-12(3-5-15)8-14-10-18-7-6-13(11-19)9-16(18)17-14/h2-7,9-10,19H,8,11H2,1H3. The summed E-state index contributed by atoms with van der Waals surface area (Å²) in [6, 6.07) is 11.8. The van der Waals surface area contributed by atoms with Gasteiger partial charge in [-0.05, 0) is 35.4 Å². The summed E-state index contributed by atoms with van der Waals surface area (Å²) in [5.41, 5.74) is 3.93. The minimum absolute atomic E-state index is 0.0389. The van der Waals surface area contributed by atoms with Crippen LogP contribution in [-0.2, 0) is 13.0 Å². The van der Waals surface area contributed by atoms with Crippen LogP contribution in [0.5, 0.6) is 5.75 Å². The number of ether oxygens (including phenoxy) is 1. The van der Waals surface area contributed by atoms with Crippen molar-refractivity contribution in [1.29, 1.82) is 0 Å². The summed E-state index contributed by atoms with van der Waals surface area (Å²) in [7, 11) is 1.66. The zero-order valence-corrected chi connectivity index (χ0v) is 11.3. The Hall–Kier alpha value is -2.33. The number of fused-ring (bicyclic) bond motifs is 1. The Kier molecular flexibility index (Phi) is 3.39. The molecule has 0 saturated carbocycles. The van der Waals surface area contributed by atoms with Crippen LogP contribution in [0.25, 0.3) is 5.65 Å². The quantitative estimate of drug-likeness (QED) is 0.790. The molecule has 4 heteroatoms. The van der Waals surface area contributed by atoms with E-state index in [2.05, 4.69) is 4.98 Å². The van der Waals surface area contributed by atoms with Crippen LogP contribution in [0.2, 0.25) is 0 Å². The fourth-order valence-corrected chi connectivity index (χ4v) is 2.21. The molecule has 0 radical (unpaired) electrons. The van der Waals surface area contributed by atoms with Crippen LogP contribution in [0.3, 0.4) is 0 Å². The van der Waals surface area contributed by atoms with Crippen LogP contribution >= 0.6 is 0 Å². The Morgan fingerprint density at radius 2 is 1.95 bits per heavy atom. The van der Waals surface area contributed by atoms with Gasteiger partial charge in [-0.1, -0.05) is 12.1 Å². The predicted molar refractivity (Wildman–Crippen MR) is 76.9 cm³/mol. The number of rotatable bonds is 4. The van der Waals surface area contributed by atoms with E-state index in [1.54, 1.807) is 7.11 Å². The molecular weight excluding hydrogens is 252 g/mol. The number of hydrogen-bond acceptors (Lipinski definition) is 3. The van der Waals surface area contributed by atoms with E-state index >= 15 is 0 Å². The first-order chi connectivity index (χ1) is 9.78. The van der Waals surface area contributed by atoms with E-state index in [1.807, 2.05) is 53.2 Å². The number of pyridine rings is 1. The van der Waals surface area contributed by atoms with Gasteiger partial charge in [-0.25, -0.2) is 4.98 Å². The smallest absolute Gasteiger partial charge is 0.137 e. The molecule has 0 aliphatic carbocycles. The Labute approximate surface area is 117 Å². The van der Waals surface area contributed by atoms with E-state index in [-0.39, 0.29) is 6.61 Å². The van der Waals surface area contributed by atoms with Crippen molar-refractivity contribution >= 4 is 5.65 Å². The van der Waals surface area contributed by atoms with Crippen LogP contribution in [0.1, 0.15) is 16.8 Å². The molecule has 3 aromatic rings. The Balaban J connectivity index is 1.86. The third kappa shape index (κ3) is 2.51. The van der Waals surface area contributed by atoms with Gasteiger partial charge in [0.15, 0.2) is 0 Å². The van der Waals surface area contributed by atoms with Gasteiger partial charge in [-0.3, -0.25) is 0 Å². The van der Waals surface area contributed by atoms with Crippen molar-refractivity contribution in [3.8, 4) is 5.75 Å². The second-order valence-electron chi connectivity index (χ2n) is 4.72. The first kappa shape index (κ1) is 12.7. The molecule has 102 valence electrons. The molecule has 0 aliphatic rings. The van der Waals surface area contributed by atoms with Crippen LogP contribution in [0.15, 0.2) is 48.8 Å². The van der Waals surface area contributed by atoms with Gasteiger partial charge in [0.1, 0.15) is 11.4 Å². The lowest BCUT2D eigenvalue weighted by atomic mass is 10.1. The molecule has 20 heavy (non-hydrogen) atoms. The molecule has 0 amide bonds. The number of hydrogen-bond donors (Lipinski definition) is 1. The van der Waals surface area contributed by atoms with E-state index in [0.717, 1.165) is 29.1 Å². The molecule has 1 aromatic carbocycles. The molecular formula is C16H16N2O2. The lowest BCUT2D eigenvalue weighted by molar-refractivity contribution is 0.282. The van der Waals surface area contributed by atoms with Gasteiger partial charge in [0.05, 0.1) is 19.4 Å². The number of aliphatic hydroxyl groups is 1. The fraction of sp³-hybridized carbons (Fsp3) is 0.188. The van der Waals surface area contributed by atoms with E-state index in [9.17, 15) is 0 Å². The molecule has 0 saturated heterocycles. The van der Waals surface area contributed by atoms with E-state index < -0.39 is 0 Å². The van der Waals surface area contributed by atoms with Crippen LogP contribution < -0.4 is 4.74 Å². The zero-order chi connectivity index (χ0) is 13.9. The molecule has 1 N–H and O–H groups in total. The lowest BCUT2D eigenvalue weighted by Crippen LogP contribution is -1.89. The van der Waals surface area contributed by atoms with Crippen molar-refractivity contribution in [3.05, 3.63) is 65.6 Å². The number of benzene rings is 1. The predicted octanol–water partition coefficient (Wildman–Crippen LogP) is 2.43. The van der Waals surface area contributed by atoms with Gasteiger partial charge in [0, 0.05) is 18.8 Å². The number of imidazole rings is 1. The average molecular weight is 268 g/mol. The molecule has 0 bridgehead atoms. The monoisotopic (exact) mass is 268 g/mol. The normalized spacial score (nSPS) is 10.9. The first-order valence-corrected chi connectivity index (χ1v) is 6.49. The van der Waals surface area contributed by atoms with Crippen LogP contribution in [-0.4, -0.2) is 21.6 Å². The van der Waals surface area contributed by atoms with Crippen LogP contribution in [0.4, 0.5) is 0 Å². The molecule has 2 heterocycles. The van der Waals surface area contributed by atoms with Crippen molar-refractivity contribution in [2.24, 2.45) is 0 Å². The lowest BCUT2D eigenvalue weighted by Gasteiger charge is -2.01. The number of aliphatic hydroxyl groups excluding tert-OH is 1. The maximum absolute atomic E-state index is 9.14. The first-order valence-electron chi connectivity index (χ1n) is 6.49. The molecule has 0 spiro atoms. The minimum atomic E-state index is 0.0389. The van der Waals surface area contributed by atoms with Crippen LogP contribution in [0, 0.1) is 0 Å². The van der Waals surface area contributed by atoms with Gasteiger partial charge in [-0.2, -0.15) is 0 Å². The SMILES string of the molecule is COc1ccc(Cc2cn3ccc(CO)cc3n2)cc1. The maximum Gasteiger partial charge on any atom is 0.137 e. The van der Waals surface area contributed by atoms with Gasteiger partial charge in [-0.15, -0.1) is 0 Å². The number of methoxy groups -OCH3 is 1. The minimum Gasteiger partial charge on any atom is -0.497 e. The Morgan fingerprint density at radius 1 is 1.15 bits per heavy atom. The van der Waals surface area contributed by atoms with E-state index in [1.165, 1.54) is 5.56 Å². The second kappa shape index (κ2) is 5.35. The van der Waals surface area contributed by atoms with Gasteiger partial charge < -0.3 is 14.2 Å². The maximum atomic E-state index is 9.14. The van der Waals surface area contributed by atoms with Gasteiger partial charge in [0.2, 0.25) is 0 Å². The molecule has 2 aromatic heterocycles. The van der Waals surface area contributed by atoms with Gasteiger partial charge in [0.25, 0.3) is 0 Å². The molecule has 0 atom stereocenters. The Morgan fingerprint density at radius 3 is 2.65 bits per heavy atom. The summed E-state index contributed by atoms with van der Waals surface area (Å²) in [4.78, 5) is 4.58. The highest BCUT2D eigenvalue weighted by atomic mass is 16.5. The summed E-state index contributed by atoms with van der Waals surface area (Å²) in [6.45, 7) is 0.0389. The summed E-state index contributed by atoms with van der Waals surface area (Å²) in [6.07, 6.45) is 4.71. The number of aromatic nitrogens is 2. The molecule has 3 rings (SSSR count). The van der Waals surface area contributed by atoms with Crippen molar-refractivity contribution in [1.82, 2.24) is 9.38 Å². The summed E-state index contributed by atoms with van der Waals surface area (Å²) in [5.74, 6) is 0.858. The molecule has 0 fully saturated rings.